The fourth-order valence-electron chi connectivity index (χ4n) is 2.63. The lowest BCUT2D eigenvalue weighted by Crippen LogP contribution is -2.33. The summed E-state index contributed by atoms with van der Waals surface area (Å²) < 4.78 is 0. The lowest BCUT2D eigenvalue weighted by molar-refractivity contribution is -0.115. The minimum absolute atomic E-state index is 0.146. The number of halogens is 2. The van der Waals surface area contributed by atoms with Crippen LogP contribution in [0.1, 0.15) is 26.3 Å². The molecule has 0 spiro atoms. The molecular formula is C22H16Cl2N2O3. The van der Waals surface area contributed by atoms with Crippen molar-refractivity contribution in [1.82, 2.24) is 5.32 Å². The quantitative estimate of drug-likeness (QED) is 0.565. The number of carbonyl (C=O) groups excluding carboxylic acids is 3. The molecule has 0 bridgehead atoms. The number of rotatable bonds is 6. The van der Waals surface area contributed by atoms with E-state index in [2.05, 4.69) is 10.6 Å². The van der Waals surface area contributed by atoms with Crippen molar-refractivity contribution in [3.05, 3.63) is 99.5 Å². The van der Waals surface area contributed by atoms with Crippen LogP contribution in [0, 0.1) is 0 Å². The van der Waals surface area contributed by atoms with Crippen LogP contribution in [0.3, 0.4) is 0 Å². The van der Waals surface area contributed by atoms with Gasteiger partial charge in [0.25, 0.3) is 5.91 Å². The molecule has 29 heavy (non-hydrogen) atoms. The standard InChI is InChI=1S/C22H16Cl2N2O3/c23-16-9-10-18(19(24)12-16)22(29)25-13-20(27)26-17-8-4-7-15(11-17)21(28)14-5-2-1-3-6-14/h1-12H,13H2,(H,25,29)(H,26,27). The zero-order valence-corrected chi connectivity index (χ0v) is 16.6. The molecule has 0 saturated heterocycles. The molecule has 3 aromatic rings. The first-order valence-electron chi connectivity index (χ1n) is 8.67. The van der Waals surface area contributed by atoms with Crippen LogP contribution in [0.2, 0.25) is 10.0 Å². The van der Waals surface area contributed by atoms with Crippen LogP contribution in [0.4, 0.5) is 5.69 Å². The number of hydrogen-bond donors (Lipinski definition) is 2. The summed E-state index contributed by atoms with van der Waals surface area (Å²) in [6.07, 6.45) is 0. The zero-order chi connectivity index (χ0) is 20.8. The molecule has 2 amide bonds. The molecular weight excluding hydrogens is 411 g/mol. The topological polar surface area (TPSA) is 75.3 Å². The van der Waals surface area contributed by atoms with Gasteiger partial charge < -0.3 is 10.6 Å². The summed E-state index contributed by atoms with van der Waals surface area (Å²) in [5, 5.41) is 5.76. The van der Waals surface area contributed by atoms with Gasteiger partial charge in [0.2, 0.25) is 5.91 Å². The Bertz CT molecular complexity index is 1070. The normalized spacial score (nSPS) is 10.3. The van der Waals surface area contributed by atoms with E-state index in [9.17, 15) is 14.4 Å². The smallest absolute Gasteiger partial charge is 0.253 e. The molecule has 3 rings (SSSR count). The number of hydrogen-bond acceptors (Lipinski definition) is 3. The Balaban J connectivity index is 1.61. The highest BCUT2D eigenvalue weighted by molar-refractivity contribution is 6.36. The summed E-state index contributed by atoms with van der Waals surface area (Å²) >= 11 is 11.8. The van der Waals surface area contributed by atoms with Crippen LogP contribution in [0.25, 0.3) is 0 Å². The molecule has 0 saturated carbocycles. The third-order valence-corrected chi connectivity index (χ3v) is 4.58. The van der Waals surface area contributed by atoms with Gasteiger partial charge in [0.1, 0.15) is 0 Å². The Kier molecular flexibility index (Phi) is 6.65. The Morgan fingerprint density at radius 2 is 1.52 bits per heavy atom. The van der Waals surface area contributed by atoms with Crippen molar-refractivity contribution in [2.24, 2.45) is 0 Å². The van der Waals surface area contributed by atoms with Gasteiger partial charge in [-0.25, -0.2) is 0 Å². The molecule has 0 aliphatic rings. The number of carbonyl (C=O) groups is 3. The van der Waals surface area contributed by atoms with E-state index in [4.69, 9.17) is 23.2 Å². The van der Waals surface area contributed by atoms with Crippen LogP contribution >= 0.6 is 23.2 Å². The maximum atomic E-state index is 12.5. The van der Waals surface area contributed by atoms with Gasteiger partial charge in [0.15, 0.2) is 5.78 Å². The lowest BCUT2D eigenvalue weighted by atomic mass is 10.0. The Morgan fingerprint density at radius 3 is 2.24 bits per heavy atom. The van der Waals surface area contributed by atoms with E-state index >= 15 is 0 Å². The fraction of sp³-hybridized carbons (Fsp3) is 0.0455. The molecule has 7 heteroatoms. The van der Waals surface area contributed by atoms with Gasteiger partial charge in [-0.1, -0.05) is 65.7 Å². The first-order chi connectivity index (χ1) is 13.9. The first kappa shape index (κ1) is 20.6. The number of ketones is 1. The van der Waals surface area contributed by atoms with Crippen molar-refractivity contribution in [2.45, 2.75) is 0 Å². The highest BCUT2D eigenvalue weighted by Gasteiger charge is 2.13. The van der Waals surface area contributed by atoms with Gasteiger partial charge in [-0.05, 0) is 30.3 Å². The highest BCUT2D eigenvalue weighted by atomic mass is 35.5. The van der Waals surface area contributed by atoms with Crippen LogP contribution in [0.15, 0.2) is 72.8 Å². The van der Waals surface area contributed by atoms with E-state index in [0.29, 0.717) is 21.8 Å². The maximum absolute atomic E-state index is 12.5. The first-order valence-corrected chi connectivity index (χ1v) is 9.42. The lowest BCUT2D eigenvalue weighted by Gasteiger charge is -2.09. The maximum Gasteiger partial charge on any atom is 0.253 e. The van der Waals surface area contributed by atoms with E-state index in [1.165, 1.54) is 18.2 Å². The molecule has 0 heterocycles. The third-order valence-electron chi connectivity index (χ3n) is 4.03. The Hall–Kier alpha value is -3.15. The van der Waals surface area contributed by atoms with Crippen molar-refractivity contribution in [3.63, 3.8) is 0 Å². The summed E-state index contributed by atoms with van der Waals surface area (Å²) in [5.74, 6) is -1.07. The minimum Gasteiger partial charge on any atom is -0.343 e. The number of benzene rings is 3. The van der Waals surface area contributed by atoms with Crippen molar-refractivity contribution < 1.29 is 14.4 Å². The van der Waals surface area contributed by atoms with Gasteiger partial charge >= 0.3 is 0 Å². The van der Waals surface area contributed by atoms with Gasteiger partial charge in [-0.15, -0.1) is 0 Å². The predicted molar refractivity (Wildman–Crippen MR) is 114 cm³/mol. The van der Waals surface area contributed by atoms with Crippen LogP contribution in [-0.2, 0) is 4.79 Å². The number of anilines is 1. The summed E-state index contributed by atoms with van der Waals surface area (Å²) in [7, 11) is 0. The van der Waals surface area contributed by atoms with Crippen molar-refractivity contribution >= 4 is 46.5 Å². The number of nitrogens with one attached hydrogen (secondary N) is 2. The second-order valence-electron chi connectivity index (χ2n) is 6.13. The zero-order valence-electron chi connectivity index (χ0n) is 15.1. The van der Waals surface area contributed by atoms with Crippen LogP contribution in [0.5, 0.6) is 0 Å². The van der Waals surface area contributed by atoms with Crippen molar-refractivity contribution in [2.75, 3.05) is 11.9 Å². The summed E-state index contributed by atoms with van der Waals surface area (Å²) in [5.41, 5.74) is 1.68. The SMILES string of the molecule is O=C(CNC(=O)c1ccc(Cl)cc1Cl)Nc1cccc(C(=O)c2ccccc2)c1. The summed E-state index contributed by atoms with van der Waals surface area (Å²) in [6.45, 7) is -0.255. The van der Waals surface area contributed by atoms with Gasteiger partial charge in [0.05, 0.1) is 17.1 Å². The van der Waals surface area contributed by atoms with Gasteiger partial charge in [0, 0.05) is 21.8 Å². The van der Waals surface area contributed by atoms with Crippen molar-refractivity contribution in [3.8, 4) is 0 Å². The van der Waals surface area contributed by atoms with E-state index in [-0.39, 0.29) is 22.9 Å². The molecule has 0 radical (unpaired) electrons. The van der Waals surface area contributed by atoms with E-state index < -0.39 is 11.8 Å². The number of amides is 2. The Labute approximate surface area is 177 Å². The average molecular weight is 427 g/mol. The third kappa shape index (κ3) is 5.44. The van der Waals surface area contributed by atoms with Gasteiger partial charge in [-0.3, -0.25) is 14.4 Å². The van der Waals surface area contributed by atoms with E-state index in [1.807, 2.05) is 6.07 Å². The van der Waals surface area contributed by atoms with Gasteiger partial charge in [-0.2, -0.15) is 0 Å². The molecule has 146 valence electrons. The molecule has 5 nitrogen and oxygen atoms in total. The van der Waals surface area contributed by atoms with Crippen LogP contribution < -0.4 is 10.6 Å². The molecule has 0 aromatic heterocycles. The predicted octanol–water partition coefficient (Wildman–Crippen LogP) is 4.59. The molecule has 2 N–H and O–H groups in total. The van der Waals surface area contributed by atoms with E-state index in [0.717, 1.165) is 0 Å². The van der Waals surface area contributed by atoms with Crippen LogP contribution in [-0.4, -0.2) is 24.1 Å². The van der Waals surface area contributed by atoms with E-state index in [1.54, 1.807) is 48.5 Å². The second-order valence-corrected chi connectivity index (χ2v) is 6.97. The largest absolute Gasteiger partial charge is 0.343 e. The molecule has 3 aromatic carbocycles. The second kappa shape index (κ2) is 9.37. The summed E-state index contributed by atoms with van der Waals surface area (Å²) in [6, 6.07) is 19.9. The van der Waals surface area contributed by atoms with Crippen molar-refractivity contribution in [1.29, 1.82) is 0 Å². The summed E-state index contributed by atoms with van der Waals surface area (Å²) in [4.78, 5) is 36.9. The molecule has 0 unspecified atom stereocenters. The Morgan fingerprint density at radius 1 is 0.793 bits per heavy atom. The molecule has 0 aliphatic carbocycles. The minimum atomic E-state index is -0.491. The molecule has 0 atom stereocenters. The molecule has 0 fully saturated rings. The average Bonchev–Trinajstić information content (AvgIpc) is 2.72. The fourth-order valence-corrected chi connectivity index (χ4v) is 3.12. The molecule has 0 aliphatic heterocycles. The highest BCUT2D eigenvalue weighted by Crippen LogP contribution is 2.20. The monoisotopic (exact) mass is 426 g/mol.